The summed E-state index contributed by atoms with van der Waals surface area (Å²) in [6.45, 7) is 2.63. The third kappa shape index (κ3) is 4.43. The molecule has 4 N–H and O–H groups in total. The van der Waals surface area contributed by atoms with Gasteiger partial charge in [-0.2, -0.15) is 14.6 Å². The number of aliphatic hydroxyl groups is 2. The zero-order chi connectivity index (χ0) is 26.1. The Kier molecular flexibility index (Phi) is 6.64. The van der Waals surface area contributed by atoms with E-state index >= 15 is 0 Å². The minimum absolute atomic E-state index is 0.172. The Hall–Kier alpha value is -4.21. The fraction of sp³-hybridized carbons (Fsp3) is 0.409. The number of aromatic nitrogens is 8. The predicted octanol–water partition coefficient (Wildman–Crippen LogP) is -0.335. The van der Waals surface area contributed by atoms with Crippen LogP contribution >= 0.6 is 0 Å². The summed E-state index contributed by atoms with van der Waals surface area (Å²) in [5.74, 6) is 0.679. The summed E-state index contributed by atoms with van der Waals surface area (Å²) in [6.07, 6.45) is 0.276. The minimum Gasteiger partial charge on any atom is -0.497 e. The van der Waals surface area contributed by atoms with Crippen LogP contribution in [0.15, 0.2) is 30.9 Å². The number of methoxy groups -OCH3 is 1. The molecule has 5 rings (SSSR count). The van der Waals surface area contributed by atoms with Crippen molar-refractivity contribution in [2.24, 2.45) is 0 Å². The molecular weight excluding hydrogens is 484 g/mol. The molecule has 0 aromatic carbocycles. The third-order valence-corrected chi connectivity index (χ3v) is 5.90. The van der Waals surface area contributed by atoms with Gasteiger partial charge in [-0.3, -0.25) is 14.3 Å². The number of hydrogen-bond acceptors (Lipinski definition) is 12. The number of rotatable bonds is 8. The molecule has 0 aliphatic carbocycles. The predicted molar refractivity (Wildman–Crippen MR) is 129 cm³/mol. The van der Waals surface area contributed by atoms with Crippen LogP contribution in [0.1, 0.15) is 19.6 Å². The van der Waals surface area contributed by atoms with Gasteiger partial charge in [0, 0.05) is 25.9 Å². The summed E-state index contributed by atoms with van der Waals surface area (Å²) in [5, 5.41) is 35.1. The fourth-order valence-electron chi connectivity index (χ4n) is 3.97. The molecule has 194 valence electrons. The van der Waals surface area contributed by atoms with Crippen molar-refractivity contribution in [3.8, 4) is 23.1 Å². The molecule has 0 spiro atoms. The van der Waals surface area contributed by atoms with Gasteiger partial charge in [0.25, 0.3) is 11.9 Å². The number of carbonyl (C=O) groups excluding carboxylic acids is 1. The van der Waals surface area contributed by atoms with Crippen LogP contribution in [0.2, 0.25) is 0 Å². The zero-order valence-corrected chi connectivity index (χ0v) is 20.3. The maximum absolute atomic E-state index is 12.1. The number of anilines is 1. The van der Waals surface area contributed by atoms with Crippen LogP contribution in [0.5, 0.6) is 5.75 Å². The number of likely N-dealkylation sites (N-methyl/N-ethyl adjacent to an activating group) is 1. The van der Waals surface area contributed by atoms with Gasteiger partial charge in [0.1, 0.15) is 23.7 Å². The van der Waals surface area contributed by atoms with Gasteiger partial charge in [-0.05, 0) is 12.5 Å². The summed E-state index contributed by atoms with van der Waals surface area (Å²) >= 11 is 0. The average Bonchev–Trinajstić information content (AvgIpc) is 3.65. The molecule has 0 bridgehead atoms. The number of pyridine rings is 1. The largest absolute Gasteiger partial charge is 0.497 e. The molecule has 37 heavy (non-hydrogen) atoms. The Balaban J connectivity index is 1.56. The Morgan fingerprint density at radius 3 is 2.81 bits per heavy atom. The number of fused-ring (bicyclic) bond motifs is 1. The molecule has 1 amide bonds. The van der Waals surface area contributed by atoms with E-state index in [2.05, 4.69) is 40.9 Å². The molecule has 1 aliphatic heterocycles. The van der Waals surface area contributed by atoms with Crippen molar-refractivity contribution in [1.29, 1.82) is 0 Å². The SMILES string of the molecule is CCCNc1nc(-n2cc(-c3cc(OC)ccn3)nn2)nc2c1ncn2[C@@H]1O[C@H](C(=O)NC)[C@@H](O)[C@H]1O. The quantitative estimate of drug-likeness (QED) is 0.242. The maximum atomic E-state index is 12.1. The molecule has 4 aromatic heterocycles. The second-order valence-electron chi connectivity index (χ2n) is 8.29. The van der Waals surface area contributed by atoms with Gasteiger partial charge in [-0.25, -0.2) is 4.98 Å². The van der Waals surface area contributed by atoms with E-state index in [4.69, 9.17) is 9.47 Å². The number of amides is 1. The Morgan fingerprint density at radius 1 is 1.22 bits per heavy atom. The van der Waals surface area contributed by atoms with E-state index in [9.17, 15) is 15.0 Å². The van der Waals surface area contributed by atoms with Crippen molar-refractivity contribution in [3.63, 3.8) is 0 Å². The first-order valence-corrected chi connectivity index (χ1v) is 11.6. The second-order valence-corrected chi connectivity index (χ2v) is 8.29. The van der Waals surface area contributed by atoms with E-state index in [-0.39, 0.29) is 5.95 Å². The number of imidazole rings is 1. The highest BCUT2D eigenvalue weighted by molar-refractivity contribution is 5.84. The number of carbonyl (C=O) groups is 1. The van der Waals surface area contributed by atoms with Crippen LogP contribution in [-0.2, 0) is 9.53 Å². The lowest BCUT2D eigenvalue weighted by atomic mass is 10.1. The van der Waals surface area contributed by atoms with E-state index in [1.807, 2.05) is 6.92 Å². The molecular formula is C22H26N10O5. The second kappa shape index (κ2) is 10.0. The molecule has 1 saturated heterocycles. The molecule has 15 heteroatoms. The normalized spacial score (nSPS) is 21.3. The van der Waals surface area contributed by atoms with Gasteiger partial charge in [0.05, 0.1) is 25.3 Å². The molecule has 4 aromatic rings. The smallest absolute Gasteiger partial charge is 0.256 e. The molecule has 15 nitrogen and oxygen atoms in total. The van der Waals surface area contributed by atoms with E-state index in [0.29, 0.717) is 40.7 Å². The van der Waals surface area contributed by atoms with Crippen molar-refractivity contribution in [3.05, 3.63) is 30.9 Å². The zero-order valence-electron chi connectivity index (χ0n) is 20.3. The van der Waals surface area contributed by atoms with Gasteiger partial charge in [-0.1, -0.05) is 12.1 Å². The summed E-state index contributed by atoms with van der Waals surface area (Å²) in [4.78, 5) is 30.0. The molecule has 5 heterocycles. The van der Waals surface area contributed by atoms with Gasteiger partial charge >= 0.3 is 0 Å². The topological polar surface area (TPSA) is 187 Å². The average molecular weight is 511 g/mol. The monoisotopic (exact) mass is 510 g/mol. The number of ether oxygens (including phenoxy) is 2. The van der Waals surface area contributed by atoms with Crippen LogP contribution in [0.25, 0.3) is 28.5 Å². The first kappa shape index (κ1) is 24.5. The van der Waals surface area contributed by atoms with Crippen molar-refractivity contribution in [2.45, 2.75) is 37.9 Å². The first-order valence-electron chi connectivity index (χ1n) is 11.6. The third-order valence-electron chi connectivity index (χ3n) is 5.90. The minimum atomic E-state index is -1.44. The highest BCUT2D eigenvalue weighted by atomic mass is 16.6. The lowest BCUT2D eigenvalue weighted by Gasteiger charge is -2.17. The lowest BCUT2D eigenvalue weighted by molar-refractivity contribution is -0.137. The van der Waals surface area contributed by atoms with Gasteiger partial charge in [0.15, 0.2) is 29.3 Å². The molecule has 0 radical (unpaired) electrons. The summed E-state index contributed by atoms with van der Waals surface area (Å²) < 4.78 is 13.8. The number of hydrogen-bond donors (Lipinski definition) is 4. The molecule has 4 atom stereocenters. The first-order chi connectivity index (χ1) is 17.9. The van der Waals surface area contributed by atoms with E-state index in [1.54, 1.807) is 31.6 Å². The highest BCUT2D eigenvalue weighted by Crippen LogP contribution is 2.33. The van der Waals surface area contributed by atoms with Gasteiger partial charge in [0.2, 0.25) is 0 Å². The Morgan fingerprint density at radius 2 is 2.05 bits per heavy atom. The van der Waals surface area contributed by atoms with E-state index in [1.165, 1.54) is 22.6 Å². The van der Waals surface area contributed by atoms with Crippen molar-refractivity contribution in [2.75, 3.05) is 26.0 Å². The van der Waals surface area contributed by atoms with Crippen molar-refractivity contribution in [1.82, 2.24) is 44.8 Å². The molecule has 1 fully saturated rings. The highest BCUT2D eigenvalue weighted by Gasteiger charge is 2.47. The number of nitrogens with one attached hydrogen (secondary N) is 2. The molecule has 1 aliphatic rings. The van der Waals surface area contributed by atoms with Crippen LogP contribution in [0.4, 0.5) is 5.82 Å². The standard InChI is InChI=1S/C22H26N10O5/c1-4-6-25-18-14-19(31(10-26-14)21-16(34)15(33)17(37-21)20(35)23-2)28-22(27-18)32-9-13(29-30-32)12-8-11(36-3)5-7-24-12/h5,7-10,15-17,21,33-34H,4,6H2,1-3H3,(H,23,35)(H,25,27,28)/t15-,16+,17-,21+/m0/s1. The number of nitrogens with zero attached hydrogens (tertiary/aromatic N) is 8. The summed E-state index contributed by atoms with van der Waals surface area (Å²) in [6, 6.07) is 3.46. The van der Waals surface area contributed by atoms with E-state index in [0.717, 1.165) is 6.42 Å². The van der Waals surface area contributed by atoms with Crippen LogP contribution in [-0.4, -0.2) is 94.6 Å². The van der Waals surface area contributed by atoms with Crippen molar-refractivity contribution < 1.29 is 24.5 Å². The van der Waals surface area contributed by atoms with Gasteiger partial charge < -0.3 is 30.3 Å². The molecule has 0 unspecified atom stereocenters. The van der Waals surface area contributed by atoms with Crippen molar-refractivity contribution >= 4 is 22.9 Å². The lowest BCUT2D eigenvalue weighted by Crippen LogP contribution is -2.41. The maximum Gasteiger partial charge on any atom is 0.256 e. The van der Waals surface area contributed by atoms with Crippen LogP contribution in [0.3, 0.4) is 0 Å². The summed E-state index contributed by atoms with van der Waals surface area (Å²) in [7, 11) is 2.98. The fourth-order valence-corrected chi connectivity index (χ4v) is 3.97. The van der Waals surface area contributed by atoms with Gasteiger partial charge in [-0.15, -0.1) is 5.10 Å². The Bertz CT molecular complexity index is 1420. The van der Waals surface area contributed by atoms with E-state index < -0.39 is 30.4 Å². The molecule has 0 saturated carbocycles. The number of aliphatic hydroxyl groups excluding tert-OH is 2. The van der Waals surface area contributed by atoms with Crippen LogP contribution in [0, 0.1) is 0 Å². The van der Waals surface area contributed by atoms with Crippen LogP contribution < -0.4 is 15.4 Å². The Labute approximate surface area is 210 Å². The summed E-state index contributed by atoms with van der Waals surface area (Å²) in [5.41, 5.74) is 1.75.